The van der Waals surface area contributed by atoms with E-state index in [4.69, 9.17) is 15.9 Å². The molecule has 82 valence electrons. The average molecular weight is 208 g/mol. The minimum absolute atomic E-state index is 0.0251. The summed E-state index contributed by atoms with van der Waals surface area (Å²) < 4.78 is 4.98. The lowest BCUT2D eigenvalue weighted by molar-refractivity contribution is -0.151. The molecule has 1 aliphatic rings. The first-order chi connectivity index (χ1) is 6.99. The molecule has 15 heavy (non-hydrogen) atoms. The molecule has 1 aliphatic carbocycles. The van der Waals surface area contributed by atoms with Crippen molar-refractivity contribution in [1.82, 2.24) is 0 Å². The largest absolute Gasteiger partial charge is 0.465 e. The molecule has 0 aromatic heterocycles. The van der Waals surface area contributed by atoms with Crippen molar-refractivity contribution in [2.45, 2.75) is 20.3 Å². The van der Waals surface area contributed by atoms with Crippen molar-refractivity contribution in [3.8, 4) is 0 Å². The second kappa shape index (κ2) is 4.29. The van der Waals surface area contributed by atoms with Crippen molar-refractivity contribution >= 4 is 11.8 Å². The second-order valence-corrected chi connectivity index (χ2v) is 3.75. The fourth-order valence-corrected chi connectivity index (χ4v) is 1.38. The summed E-state index contributed by atoms with van der Waals surface area (Å²) in [6.07, 6.45) is 5.76. The molecule has 0 bridgehead atoms. The van der Waals surface area contributed by atoms with Gasteiger partial charge in [-0.15, -0.1) is 0 Å². The molecular formula is C11H16N2O2. The number of hydrogen-bond donors (Lipinski definition) is 2. The fourth-order valence-electron chi connectivity index (χ4n) is 1.38. The van der Waals surface area contributed by atoms with E-state index >= 15 is 0 Å². The van der Waals surface area contributed by atoms with E-state index < -0.39 is 5.41 Å². The second-order valence-electron chi connectivity index (χ2n) is 3.75. The van der Waals surface area contributed by atoms with Crippen LogP contribution in [0, 0.1) is 10.8 Å². The molecule has 0 aliphatic heterocycles. The summed E-state index contributed by atoms with van der Waals surface area (Å²) in [5.74, 6) is -0.211. The zero-order chi connectivity index (χ0) is 11.5. The van der Waals surface area contributed by atoms with Gasteiger partial charge in [0.25, 0.3) is 0 Å². The first-order valence-corrected chi connectivity index (χ1v) is 4.90. The van der Waals surface area contributed by atoms with Crippen molar-refractivity contribution in [3.05, 3.63) is 23.8 Å². The molecule has 4 nitrogen and oxygen atoms in total. The Hall–Kier alpha value is -1.58. The number of allylic oxidation sites excluding steroid dienone is 1. The van der Waals surface area contributed by atoms with Crippen LogP contribution in [0.2, 0.25) is 0 Å². The standard InChI is InChI=1S/C11H16N2O2/c1-3-15-10(14)11(2)6-4-8(5-7-11)9(12)13/h4-6H,3,7H2,1-2H3,(H3,12,13). The van der Waals surface area contributed by atoms with Gasteiger partial charge < -0.3 is 10.5 Å². The van der Waals surface area contributed by atoms with E-state index in [1.54, 1.807) is 25.2 Å². The van der Waals surface area contributed by atoms with Gasteiger partial charge in [-0.1, -0.05) is 18.2 Å². The topological polar surface area (TPSA) is 76.2 Å². The van der Waals surface area contributed by atoms with Gasteiger partial charge in [-0.05, 0) is 20.3 Å². The lowest BCUT2D eigenvalue weighted by Gasteiger charge is -2.25. The molecular weight excluding hydrogens is 192 g/mol. The fraction of sp³-hybridized carbons (Fsp3) is 0.455. The van der Waals surface area contributed by atoms with Crippen LogP contribution < -0.4 is 5.73 Å². The van der Waals surface area contributed by atoms with Crippen molar-refractivity contribution in [2.75, 3.05) is 6.61 Å². The predicted octanol–water partition coefficient (Wildman–Crippen LogP) is 1.38. The molecule has 1 unspecified atom stereocenters. The number of esters is 1. The molecule has 4 heteroatoms. The smallest absolute Gasteiger partial charge is 0.315 e. The zero-order valence-electron chi connectivity index (χ0n) is 9.04. The molecule has 0 aromatic carbocycles. The molecule has 0 saturated carbocycles. The lowest BCUT2D eigenvalue weighted by atomic mass is 9.82. The van der Waals surface area contributed by atoms with Crippen LogP contribution in [0.15, 0.2) is 23.8 Å². The number of nitrogens with two attached hydrogens (primary N) is 1. The van der Waals surface area contributed by atoms with Gasteiger partial charge in [0.15, 0.2) is 0 Å². The molecule has 3 N–H and O–H groups in total. The normalized spacial score (nSPS) is 24.5. The maximum Gasteiger partial charge on any atom is 0.315 e. The van der Waals surface area contributed by atoms with Gasteiger partial charge in [0.1, 0.15) is 5.84 Å². The van der Waals surface area contributed by atoms with Crippen molar-refractivity contribution in [3.63, 3.8) is 0 Å². The Bertz CT molecular complexity index is 344. The van der Waals surface area contributed by atoms with Crippen LogP contribution >= 0.6 is 0 Å². The number of amidine groups is 1. The Morgan fingerprint density at radius 1 is 1.73 bits per heavy atom. The van der Waals surface area contributed by atoms with Crippen LogP contribution in [0.4, 0.5) is 0 Å². The monoisotopic (exact) mass is 208 g/mol. The molecule has 0 heterocycles. The Kier molecular flexibility index (Phi) is 3.29. The van der Waals surface area contributed by atoms with E-state index in [0.717, 1.165) is 0 Å². The van der Waals surface area contributed by atoms with Crippen LogP contribution in [0.5, 0.6) is 0 Å². The van der Waals surface area contributed by atoms with Gasteiger partial charge in [0, 0.05) is 5.57 Å². The van der Waals surface area contributed by atoms with Gasteiger partial charge in [0.2, 0.25) is 0 Å². The lowest BCUT2D eigenvalue weighted by Crippen LogP contribution is -2.29. The minimum atomic E-state index is -0.616. The predicted molar refractivity (Wildman–Crippen MR) is 58.5 cm³/mol. The van der Waals surface area contributed by atoms with E-state index in [2.05, 4.69) is 0 Å². The highest BCUT2D eigenvalue weighted by Gasteiger charge is 2.32. The van der Waals surface area contributed by atoms with Gasteiger partial charge in [-0.2, -0.15) is 0 Å². The highest BCUT2D eigenvalue weighted by Crippen LogP contribution is 2.30. The summed E-state index contributed by atoms with van der Waals surface area (Å²) in [6, 6.07) is 0. The van der Waals surface area contributed by atoms with E-state index in [0.29, 0.717) is 18.6 Å². The summed E-state index contributed by atoms with van der Waals surface area (Å²) in [4.78, 5) is 11.6. The SMILES string of the molecule is CCOC(=O)C1(C)C=CC(C(=N)N)=CC1. The van der Waals surface area contributed by atoms with E-state index in [9.17, 15) is 4.79 Å². The van der Waals surface area contributed by atoms with Crippen LogP contribution in [0.1, 0.15) is 20.3 Å². The average Bonchev–Trinajstić information content (AvgIpc) is 2.18. The van der Waals surface area contributed by atoms with Crippen LogP contribution in [0.3, 0.4) is 0 Å². The Morgan fingerprint density at radius 2 is 2.40 bits per heavy atom. The number of nitrogens with one attached hydrogen (secondary N) is 1. The Balaban J connectivity index is 2.75. The number of carbonyl (C=O) groups is 1. The number of rotatable bonds is 3. The van der Waals surface area contributed by atoms with Crippen molar-refractivity contribution in [1.29, 1.82) is 5.41 Å². The molecule has 0 radical (unpaired) electrons. The highest BCUT2D eigenvalue weighted by molar-refractivity contribution is 5.98. The van der Waals surface area contributed by atoms with Crippen LogP contribution in [0.25, 0.3) is 0 Å². The Labute approximate surface area is 89.3 Å². The van der Waals surface area contributed by atoms with Gasteiger partial charge in [-0.25, -0.2) is 0 Å². The van der Waals surface area contributed by atoms with Crippen LogP contribution in [-0.2, 0) is 9.53 Å². The number of hydrogen-bond acceptors (Lipinski definition) is 3. The Morgan fingerprint density at radius 3 is 2.80 bits per heavy atom. The van der Waals surface area contributed by atoms with E-state index in [1.807, 2.05) is 6.92 Å². The third-order valence-electron chi connectivity index (χ3n) is 2.43. The van der Waals surface area contributed by atoms with Gasteiger partial charge in [0.05, 0.1) is 12.0 Å². The maximum absolute atomic E-state index is 11.6. The van der Waals surface area contributed by atoms with Gasteiger partial charge >= 0.3 is 5.97 Å². The number of carbonyl (C=O) groups excluding carboxylic acids is 1. The molecule has 0 amide bonds. The van der Waals surface area contributed by atoms with E-state index in [-0.39, 0.29) is 11.8 Å². The summed E-state index contributed by atoms with van der Waals surface area (Å²) >= 11 is 0. The molecule has 0 fully saturated rings. The summed E-state index contributed by atoms with van der Waals surface area (Å²) in [7, 11) is 0. The molecule has 0 aromatic rings. The quantitative estimate of drug-likeness (QED) is 0.418. The van der Waals surface area contributed by atoms with E-state index in [1.165, 1.54) is 0 Å². The molecule has 1 rings (SSSR count). The molecule has 1 atom stereocenters. The van der Waals surface area contributed by atoms with Crippen molar-refractivity contribution in [2.24, 2.45) is 11.1 Å². The summed E-state index contributed by atoms with van der Waals surface area (Å²) in [6.45, 7) is 3.98. The van der Waals surface area contributed by atoms with Crippen molar-refractivity contribution < 1.29 is 9.53 Å². The van der Waals surface area contributed by atoms with Gasteiger partial charge in [-0.3, -0.25) is 10.2 Å². The third kappa shape index (κ3) is 2.46. The first kappa shape index (κ1) is 11.5. The van der Waals surface area contributed by atoms with Crippen LogP contribution in [-0.4, -0.2) is 18.4 Å². The highest BCUT2D eigenvalue weighted by atomic mass is 16.5. The minimum Gasteiger partial charge on any atom is -0.465 e. The zero-order valence-corrected chi connectivity index (χ0v) is 9.04. The molecule has 0 saturated heterocycles. The molecule has 0 spiro atoms. The third-order valence-corrected chi connectivity index (χ3v) is 2.43. The summed E-state index contributed by atoms with van der Waals surface area (Å²) in [5, 5.41) is 7.25. The first-order valence-electron chi connectivity index (χ1n) is 4.90. The summed E-state index contributed by atoms with van der Waals surface area (Å²) in [5.41, 5.74) is 5.39. The maximum atomic E-state index is 11.6. The number of ether oxygens (including phenoxy) is 1.